The second-order valence-corrected chi connectivity index (χ2v) is 5.24. The van der Waals surface area contributed by atoms with E-state index in [9.17, 15) is 0 Å². The molecule has 0 fully saturated rings. The molecular formula is C13H14BrClN4. The lowest BCUT2D eigenvalue weighted by Gasteiger charge is -2.09. The van der Waals surface area contributed by atoms with Gasteiger partial charge in [-0.15, -0.1) is 0 Å². The van der Waals surface area contributed by atoms with E-state index in [4.69, 9.17) is 11.6 Å². The molecule has 6 heteroatoms. The molecule has 100 valence electrons. The third-order valence-electron chi connectivity index (χ3n) is 2.38. The van der Waals surface area contributed by atoms with E-state index in [-0.39, 0.29) is 0 Å². The van der Waals surface area contributed by atoms with E-state index < -0.39 is 0 Å². The molecule has 0 unspecified atom stereocenters. The predicted octanol–water partition coefficient (Wildman–Crippen LogP) is 4.46. The first kappa shape index (κ1) is 14.1. The van der Waals surface area contributed by atoms with Gasteiger partial charge in [-0.1, -0.05) is 18.5 Å². The Balaban J connectivity index is 2.16. The van der Waals surface area contributed by atoms with Gasteiger partial charge >= 0.3 is 0 Å². The summed E-state index contributed by atoms with van der Waals surface area (Å²) in [6.07, 6.45) is 2.75. The number of benzene rings is 1. The SMILES string of the molecule is CCCNc1ncc(Br)c(Nc2ccc(Cl)cc2)n1. The normalized spacial score (nSPS) is 10.3. The number of hydrogen-bond acceptors (Lipinski definition) is 4. The smallest absolute Gasteiger partial charge is 0.224 e. The van der Waals surface area contributed by atoms with Crippen LogP contribution in [0.3, 0.4) is 0 Å². The zero-order chi connectivity index (χ0) is 13.7. The Kier molecular flexibility index (Phi) is 4.99. The van der Waals surface area contributed by atoms with Gasteiger partial charge in [0.15, 0.2) is 0 Å². The molecule has 4 nitrogen and oxygen atoms in total. The fraction of sp³-hybridized carbons (Fsp3) is 0.231. The van der Waals surface area contributed by atoms with Gasteiger partial charge in [0.25, 0.3) is 0 Å². The van der Waals surface area contributed by atoms with Gasteiger partial charge in [0.2, 0.25) is 5.95 Å². The molecule has 19 heavy (non-hydrogen) atoms. The monoisotopic (exact) mass is 340 g/mol. The highest BCUT2D eigenvalue weighted by Gasteiger charge is 2.05. The molecule has 2 aromatic rings. The summed E-state index contributed by atoms with van der Waals surface area (Å²) in [4.78, 5) is 8.62. The fourth-order valence-electron chi connectivity index (χ4n) is 1.45. The van der Waals surface area contributed by atoms with Crippen molar-refractivity contribution >= 4 is 45.0 Å². The number of aromatic nitrogens is 2. The fourth-order valence-corrected chi connectivity index (χ4v) is 1.86. The van der Waals surface area contributed by atoms with Crippen LogP contribution in [0.4, 0.5) is 17.5 Å². The Morgan fingerprint density at radius 2 is 2.00 bits per heavy atom. The van der Waals surface area contributed by atoms with Crippen LogP contribution in [0.2, 0.25) is 5.02 Å². The highest BCUT2D eigenvalue weighted by atomic mass is 79.9. The minimum atomic E-state index is 0.613. The molecular weight excluding hydrogens is 328 g/mol. The topological polar surface area (TPSA) is 49.8 Å². The Labute approximate surface area is 125 Å². The lowest BCUT2D eigenvalue weighted by molar-refractivity contribution is 0.952. The molecule has 0 aliphatic rings. The summed E-state index contributed by atoms with van der Waals surface area (Å²) < 4.78 is 0.810. The summed E-state index contributed by atoms with van der Waals surface area (Å²) in [7, 11) is 0. The van der Waals surface area contributed by atoms with Crippen LogP contribution in [0.15, 0.2) is 34.9 Å². The van der Waals surface area contributed by atoms with E-state index in [0.29, 0.717) is 11.0 Å². The van der Waals surface area contributed by atoms with Crippen molar-refractivity contribution in [1.29, 1.82) is 0 Å². The first-order valence-corrected chi connectivity index (χ1v) is 7.15. The van der Waals surface area contributed by atoms with Crippen LogP contribution < -0.4 is 10.6 Å². The van der Waals surface area contributed by atoms with Gasteiger partial charge in [-0.25, -0.2) is 4.98 Å². The molecule has 0 amide bonds. The van der Waals surface area contributed by atoms with Crippen molar-refractivity contribution in [2.45, 2.75) is 13.3 Å². The van der Waals surface area contributed by atoms with Crippen molar-refractivity contribution in [3.8, 4) is 0 Å². The zero-order valence-corrected chi connectivity index (χ0v) is 12.8. The Morgan fingerprint density at radius 1 is 1.26 bits per heavy atom. The number of nitrogens with one attached hydrogen (secondary N) is 2. The van der Waals surface area contributed by atoms with Crippen molar-refractivity contribution in [2.75, 3.05) is 17.2 Å². The summed E-state index contributed by atoms with van der Waals surface area (Å²) in [5.74, 6) is 1.33. The van der Waals surface area contributed by atoms with E-state index in [0.717, 1.165) is 28.9 Å². The lowest BCUT2D eigenvalue weighted by atomic mass is 10.3. The van der Waals surface area contributed by atoms with Gasteiger partial charge in [-0.2, -0.15) is 4.98 Å². The summed E-state index contributed by atoms with van der Waals surface area (Å²) in [6.45, 7) is 2.95. The van der Waals surface area contributed by atoms with E-state index in [1.54, 1.807) is 6.20 Å². The van der Waals surface area contributed by atoms with Gasteiger partial charge in [0, 0.05) is 23.5 Å². The molecule has 0 spiro atoms. The van der Waals surface area contributed by atoms with Crippen LogP contribution in [0.5, 0.6) is 0 Å². The van der Waals surface area contributed by atoms with Crippen molar-refractivity contribution in [1.82, 2.24) is 9.97 Å². The lowest BCUT2D eigenvalue weighted by Crippen LogP contribution is -2.06. The highest BCUT2D eigenvalue weighted by Crippen LogP contribution is 2.24. The van der Waals surface area contributed by atoms with Gasteiger partial charge in [0.1, 0.15) is 5.82 Å². The number of hydrogen-bond donors (Lipinski definition) is 2. The number of anilines is 3. The van der Waals surface area contributed by atoms with Crippen LogP contribution in [0.25, 0.3) is 0 Å². The predicted molar refractivity (Wildman–Crippen MR) is 83.2 cm³/mol. The Morgan fingerprint density at radius 3 is 2.68 bits per heavy atom. The number of rotatable bonds is 5. The van der Waals surface area contributed by atoms with Gasteiger partial charge in [-0.05, 0) is 46.6 Å². The van der Waals surface area contributed by atoms with E-state index >= 15 is 0 Å². The molecule has 1 heterocycles. The molecule has 0 aliphatic heterocycles. The molecule has 0 atom stereocenters. The maximum atomic E-state index is 5.86. The molecule has 1 aromatic carbocycles. The zero-order valence-electron chi connectivity index (χ0n) is 10.5. The molecule has 0 saturated heterocycles. The third-order valence-corrected chi connectivity index (χ3v) is 3.22. The Bertz CT molecular complexity index is 545. The largest absolute Gasteiger partial charge is 0.354 e. The molecule has 2 N–H and O–H groups in total. The minimum Gasteiger partial charge on any atom is -0.354 e. The molecule has 2 rings (SSSR count). The van der Waals surface area contributed by atoms with E-state index in [2.05, 4.69) is 43.5 Å². The maximum absolute atomic E-state index is 5.86. The standard InChI is InChI=1S/C13H14BrClN4/c1-2-7-16-13-17-8-11(14)12(19-13)18-10-5-3-9(15)4-6-10/h3-6,8H,2,7H2,1H3,(H2,16,17,18,19). The summed E-state index contributed by atoms with van der Waals surface area (Å²) in [5, 5.41) is 7.08. The highest BCUT2D eigenvalue weighted by molar-refractivity contribution is 9.10. The van der Waals surface area contributed by atoms with Gasteiger partial charge in [-0.3, -0.25) is 0 Å². The van der Waals surface area contributed by atoms with Crippen molar-refractivity contribution in [2.24, 2.45) is 0 Å². The van der Waals surface area contributed by atoms with E-state index in [1.165, 1.54) is 0 Å². The van der Waals surface area contributed by atoms with Crippen molar-refractivity contribution in [3.05, 3.63) is 40.0 Å². The van der Waals surface area contributed by atoms with E-state index in [1.807, 2.05) is 24.3 Å². The average Bonchev–Trinajstić information content (AvgIpc) is 2.42. The second kappa shape index (κ2) is 6.73. The number of nitrogens with zero attached hydrogens (tertiary/aromatic N) is 2. The van der Waals surface area contributed by atoms with Crippen molar-refractivity contribution in [3.63, 3.8) is 0 Å². The summed E-state index contributed by atoms with van der Waals surface area (Å²) in [6, 6.07) is 7.45. The molecule has 0 radical (unpaired) electrons. The molecule has 0 aliphatic carbocycles. The first-order valence-electron chi connectivity index (χ1n) is 5.98. The average molecular weight is 342 g/mol. The molecule has 0 saturated carbocycles. The van der Waals surface area contributed by atoms with Gasteiger partial charge in [0.05, 0.1) is 4.47 Å². The van der Waals surface area contributed by atoms with Gasteiger partial charge < -0.3 is 10.6 Å². The maximum Gasteiger partial charge on any atom is 0.224 e. The second-order valence-electron chi connectivity index (χ2n) is 3.95. The van der Waals surface area contributed by atoms with Crippen LogP contribution in [-0.4, -0.2) is 16.5 Å². The summed E-state index contributed by atoms with van der Waals surface area (Å²) >= 11 is 9.28. The van der Waals surface area contributed by atoms with Crippen LogP contribution in [-0.2, 0) is 0 Å². The van der Waals surface area contributed by atoms with Crippen LogP contribution in [0, 0.1) is 0 Å². The Hall–Kier alpha value is -1.33. The summed E-state index contributed by atoms with van der Waals surface area (Å²) in [5.41, 5.74) is 0.922. The minimum absolute atomic E-state index is 0.613. The molecule has 1 aromatic heterocycles. The van der Waals surface area contributed by atoms with Crippen LogP contribution >= 0.6 is 27.5 Å². The third kappa shape index (κ3) is 4.08. The molecule has 0 bridgehead atoms. The number of halogens is 2. The van der Waals surface area contributed by atoms with Crippen molar-refractivity contribution < 1.29 is 0 Å². The first-order chi connectivity index (χ1) is 9.19. The van der Waals surface area contributed by atoms with Crippen LogP contribution in [0.1, 0.15) is 13.3 Å². The quantitative estimate of drug-likeness (QED) is 0.843.